The first kappa shape index (κ1) is 21.8. The number of ether oxygens (including phenoxy) is 2. The summed E-state index contributed by atoms with van der Waals surface area (Å²) in [5, 5.41) is 2.79. The van der Waals surface area contributed by atoms with E-state index in [1.165, 1.54) is 16.4 Å². The Morgan fingerprint density at radius 1 is 1.17 bits per heavy atom. The second kappa shape index (κ2) is 9.71. The molecule has 3 rings (SSSR count). The number of amides is 1. The molecule has 1 saturated heterocycles. The van der Waals surface area contributed by atoms with Crippen molar-refractivity contribution in [2.45, 2.75) is 18.2 Å². The van der Waals surface area contributed by atoms with Gasteiger partial charge in [-0.3, -0.25) is 4.79 Å². The highest BCUT2D eigenvalue weighted by Gasteiger charge is 2.27. The average Bonchev–Trinajstić information content (AvgIpc) is 2.72. The van der Waals surface area contributed by atoms with Crippen molar-refractivity contribution in [2.24, 2.45) is 0 Å². The Morgan fingerprint density at radius 3 is 2.52 bits per heavy atom. The van der Waals surface area contributed by atoms with Crippen molar-refractivity contribution >= 4 is 37.5 Å². The minimum absolute atomic E-state index is 0.113. The quantitative estimate of drug-likeness (QED) is 0.655. The van der Waals surface area contributed by atoms with E-state index in [4.69, 9.17) is 9.47 Å². The molecule has 1 amide bonds. The van der Waals surface area contributed by atoms with E-state index in [1.54, 1.807) is 6.07 Å². The van der Waals surface area contributed by atoms with Gasteiger partial charge in [-0.25, -0.2) is 8.42 Å². The normalized spacial score (nSPS) is 15.1. The molecule has 1 N–H and O–H groups in total. The molecule has 0 radical (unpaired) electrons. The van der Waals surface area contributed by atoms with Gasteiger partial charge in [0.2, 0.25) is 15.9 Å². The molecule has 156 valence electrons. The molecule has 0 bridgehead atoms. The van der Waals surface area contributed by atoms with Gasteiger partial charge in [-0.05, 0) is 42.8 Å². The summed E-state index contributed by atoms with van der Waals surface area (Å²) in [6, 6.07) is 12.0. The lowest BCUT2D eigenvalue weighted by atomic mass is 10.1. The fourth-order valence-electron chi connectivity index (χ4n) is 2.97. The summed E-state index contributed by atoms with van der Waals surface area (Å²) >= 11 is 3.37. The van der Waals surface area contributed by atoms with Crippen LogP contribution in [0.1, 0.15) is 12.5 Å². The molecule has 0 spiro atoms. The molecule has 1 aliphatic rings. The van der Waals surface area contributed by atoms with E-state index >= 15 is 0 Å². The molecule has 1 fully saturated rings. The van der Waals surface area contributed by atoms with Gasteiger partial charge in [-0.15, -0.1) is 0 Å². The number of nitrogens with one attached hydrogen (secondary N) is 1. The molecule has 2 aromatic rings. The summed E-state index contributed by atoms with van der Waals surface area (Å²) in [7, 11) is -3.67. The summed E-state index contributed by atoms with van der Waals surface area (Å²) in [6.45, 7) is 3.57. The van der Waals surface area contributed by atoms with Crippen molar-refractivity contribution in [3.63, 3.8) is 0 Å². The number of halogens is 1. The average molecular weight is 483 g/mol. The molecule has 0 saturated carbocycles. The van der Waals surface area contributed by atoms with E-state index in [0.717, 1.165) is 10.0 Å². The summed E-state index contributed by atoms with van der Waals surface area (Å²) in [4.78, 5) is 12.6. The van der Waals surface area contributed by atoms with Gasteiger partial charge in [0.1, 0.15) is 5.75 Å². The van der Waals surface area contributed by atoms with E-state index in [-0.39, 0.29) is 17.2 Å². The first-order valence-electron chi connectivity index (χ1n) is 9.29. The van der Waals surface area contributed by atoms with Gasteiger partial charge in [0.15, 0.2) is 0 Å². The summed E-state index contributed by atoms with van der Waals surface area (Å²) in [6.07, 6.45) is 0.166. The second-order valence-electron chi connectivity index (χ2n) is 6.46. The zero-order chi connectivity index (χ0) is 20.9. The van der Waals surface area contributed by atoms with Crippen LogP contribution in [0.25, 0.3) is 0 Å². The Labute approximate surface area is 179 Å². The molecule has 29 heavy (non-hydrogen) atoms. The molecule has 0 unspecified atom stereocenters. The Kier molecular flexibility index (Phi) is 7.28. The lowest BCUT2D eigenvalue weighted by molar-refractivity contribution is -0.115. The number of hydrogen-bond acceptors (Lipinski definition) is 5. The van der Waals surface area contributed by atoms with Crippen LogP contribution in [-0.4, -0.2) is 51.5 Å². The third-order valence-electron chi connectivity index (χ3n) is 4.41. The lowest BCUT2D eigenvalue weighted by Crippen LogP contribution is -2.40. The predicted octanol–water partition coefficient (Wildman–Crippen LogP) is 3.05. The highest BCUT2D eigenvalue weighted by atomic mass is 79.9. The number of rotatable bonds is 7. The number of hydrogen-bond donors (Lipinski definition) is 1. The number of nitrogens with zero attached hydrogens (tertiary/aromatic N) is 1. The van der Waals surface area contributed by atoms with Crippen molar-refractivity contribution in [2.75, 3.05) is 38.2 Å². The van der Waals surface area contributed by atoms with Crippen LogP contribution >= 0.6 is 15.9 Å². The smallest absolute Gasteiger partial charge is 0.243 e. The zero-order valence-corrected chi connectivity index (χ0v) is 18.5. The molecule has 1 heterocycles. The third kappa shape index (κ3) is 5.57. The minimum Gasteiger partial charge on any atom is -0.492 e. The van der Waals surface area contributed by atoms with Crippen molar-refractivity contribution in [1.82, 2.24) is 4.31 Å². The lowest BCUT2D eigenvalue weighted by Gasteiger charge is -2.26. The van der Waals surface area contributed by atoms with E-state index < -0.39 is 10.0 Å². The molecule has 0 atom stereocenters. The Morgan fingerprint density at radius 2 is 1.86 bits per heavy atom. The zero-order valence-electron chi connectivity index (χ0n) is 16.1. The molecule has 2 aromatic carbocycles. The van der Waals surface area contributed by atoms with Crippen LogP contribution in [0.15, 0.2) is 51.8 Å². The van der Waals surface area contributed by atoms with E-state index in [2.05, 4.69) is 21.2 Å². The number of carbonyl (C=O) groups is 1. The fraction of sp³-hybridized carbons (Fsp3) is 0.350. The fourth-order valence-corrected chi connectivity index (χ4v) is 4.67. The van der Waals surface area contributed by atoms with Crippen molar-refractivity contribution in [1.29, 1.82) is 0 Å². The molecule has 0 aliphatic carbocycles. The SMILES string of the molecule is CCOc1ccc(S(=O)(=O)N2CCOCC2)cc1NC(=O)Cc1ccc(Br)cc1. The summed E-state index contributed by atoms with van der Waals surface area (Å²) < 4.78 is 39.0. The third-order valence-corrected chi connectivity index (χ3v) is 6.83. The highest BCUT2D eigenvalue weighted by Crippen LogP contribution is 2.30. The van der Waals surface area contributed by atoms with Crippen LogP contribution in [-0.2, 0) is 26.0 Å². The molecular weight excluding hydrogens is 460 g/mol. The number of sulfonamides is 1. The van der Waals surface area contributed by atoms with Gasteiger partial charge in [0.25, 0.3) is 0 Å². The summed E-state index contributed by atoms with van der Waals surface area (Å²) in [5.41, 5.74) is 1.18. The van der Waals surface area contributed by atoms with Gasteiger partial charge in [-0.2, -0.15) is 4.31 Å². The van der Waals surface area contributed by atoms with Gasteiger partial charge < -0.3 is 14.8 Å². The molecule has 0 aromatic heterocycles. The first-order valence-corrected chi connectivity index (χ1v) is 11.5. The molecule has 1 aliphatic heterocycles. The number of anilines is 1. The number of carbonyl (C=O) groups excluding carboxylic acids is 1. The van der Waals surface area contributed by atoms with E-state index in [0.29, 0.717) is 44.3 Å². The van der Waals surface area contributed by atoms with Crippen molar-refractivity contribution in [3.05, 3.63) is 52.5 Å². The van der Waals surface area contributed by atoms with Gasteiger partial charge in [0, 0.05) is 17.6 Å². The van der Waals surface area contributed by atoms with Crippen LogP contribution in [0, 0.1) is 0 Å². The van der Waals surface area contributed by atoms with Crippen LogP contribution in [0.2, 0.25) is 0 Å². The maximum absolute atomic E-state index is 12.9. The van der Waals surface area contributed by atoms with Gasteiger partial charge >= 0.3 is 0 Å². The molecular formula is C20H23BrN2O5S. The first-order chi connectivity index (χ1) is 13.9. The Bertz CT molecular complexity index is 957. The van der Waals surface area contributed by atoms with Gasteiger partial charge in [0.05, 0.1) is 36.8 Å². The number of morpholine rings is 1. The Balaban J connectivity index is 1.82. The van der Waals surface area contributed by atoms with Crippen molar-refractivity contribution in [3.8, 4) is 5.75 Å². The molecule has 7 nitrogen and oxygen atoms in total. The number of benzene rings is 2. The Hall–Kier alpha value is -1.94. The van der Waals surface area contributed by atoms with E-state index in [9.17, 15) is 13.2 Å². The predicted molar refractivity (Wildman–Crippen MR) is 114 cm³/mol. The largest absolute Gasteiger partial charge is 0.492 e. The van der Waals surface area contributed by atoms with Crippen LogP contribution in [0.5, 0.6) is 5.75 Å². The standard InChI is InChI=1S/C20H23BrN2O5S/c1-2-28-19-8-7-17(29(25,26)23-9-11-27-12-10-23)14-18(19)22-20(24)13-15-3-5-16(21)6-4-15/h3-8,14H,2,9-13H2,1H3,(H,22,24). The summed E-state index contributed by atoms with van der Waals surface area (Å²) in [5.74, 6) is 0.173. The highest BCUT2D eigenvalue weighted by molar-refractivity contribution is 9.10. The van der Waals surface area contributed by atoms with Gasteiger partial charge in [-0.1, -0.05) is 28.1 Å². The van der Waals surface area contributed by atoms with Crippen LogP contribution < -0.4 is 10.1 Å². The van der Waals surface area contributed by atoms with Crippen LogP contribution in [0.3, 0.4) is 0 Å². The van der Waals surface area contributed by atoms with Crippen LogP contribution in [0.4, 0.5) is 5.69 Å². The monoisotopic (exact) mass is 482 g/mol. The maximum Gasteiger partial charge on any atom is 0.243 e. The topological polar surface area (TPSA) is 84.9 Å². The molecule has 9 heteroatoms. The van der Waals surface area contributed by atoms with Crippen molar-refractivity contribution < 1.29 is 22.7 Å². The minimum atomic E-state index is -3.67. The van der Waals surface area contributed by atoms with E-state index in [1.807, 2.05) is 31.2 Å². The second-order valence-corrected chi connectivity index (χ2v) is 9.31. The maximum atomic E-state index is 12.9.